The summed E-state index contributed by atoms with van der Waals surface area (Å²) in [7, 11) is 0. The van der Waals surface area contributed by atoms with E-state index >= 15 is 0 Å². The molecule has 20 heavy (non-hydrogen) atoms. The van der Waals surface area contributed by atoms with E-state index in [4.69, 9.17) is 5.73 Å². The Morgan fingerprint density at radius 1 is 1.05 bits per heavy atom. The molecule has 1 aromatic carbocycles. The quantitative estimate of drug-likeness (QED) is 0.626. The number of rotatable bonds is 4. The average molecular weight is 299 g/mol. The highest BCUT2D eigenvalue weighted by molar-refractivity contribution is 5.46. The van der Waals surface area contributed by atoms with E-state index in [1.165, 1.54) is 6.07 Å². The van der Waals surface area contributed by atoms with Crippen LogP contribution in [0.2, 0.25) is 0 Å². The van der Waals surface area contributed by atoms with E-state index in [9.17, 15) is 26.3 Å². The number of hydrogen-bond donors (Lipinski definition) is 1. The minimum atomic E-state index is -5.38. The predicted octanol–water partition coefficient (Wildman–Crippen LogP) is 4.82. The van der Waals surface area contributed by atoms with Crippen LogP contribution in [0, 0.1) is 0 Å². The lowest BCUT2D eigenvalue weighted by Gasteiger charge is -2.25. The van der Waals surface area contributed by atoms with Gasteiger partial charge in [0, 0.05) is 5.69 Å². The van der Waals surface area contributed by atoms with Gasteiger partial charge in [-0.05, 0) is 36.1 Å². The minimum absolute atomic E-state index is 0.00602. The lowest BCUT2D eigenvalue weighted by molar-refractivity contribution is -0.253. The Morgan fingerprint density at radius 2 is 1.60 bits per heavy atom. The van der Waals surface area contributed by atoms with Gasteiger partial charge in [0.05, 0.1) is 0 Å². The van der Waals surface area contributed by atoms with Gasteiger partial charge in [0.15, 0.2) is 5.92 Å². The van der Waals surface area contributed by atoms with Crippen LogP contribution in [0.25, 0.3) is 0 Å². The zero-order valence-electron chi connectivity index (χ0n) is 10.8. The number of nitrogens with two attached hydrogens (primary N) is 1. The summed E-state index contributed by atoms with van der Waals surface area (Å²) < 4.78 is 76.5. The molecule has 0 aromatic heterocycles. The Kier molecular flexibility index (Phi) is 4.94. The van der Waals surface area contributed by atoms with Gasteiger partial charge >= 0.3 is 12.4 Å². The van der Waals surface area contributed by atoms with Crippen molar-refractivity contribution < 1.29 is 26.3 Å². The third-order valence-corrected chi connectivity index (χ3v) is 2.93. The van der Waals surface area contributed by atoms with E-state index in [1.807, 2.05) is 0 Å². The van der Waals surface area contributed by atoms with Crippen LogP contribution in [0.5, 0.6) is 0 Å². The summed E-state index contributed by atoms with van der Waals surface area (Å²) in [6.07, 6.45) is -9.46. The molecule has 0 aliphatic rings. The Hall–Kier alpha value is -1.40. The second-order valence-corrected chi connectivity index (χ2v) is 4.58. The van der Waals surface area contributed by atoms with E-state index in [0.29, 0.717) is 12.8 Å². The summed E-state index contributed by atoms with van der Waals surface area (Å²) in [5.41, 5.74) is 4.86. The summed E-state index contributed by atoms with van der Waals surface area (Å²) in [4.78, 5) is 0. The Labute approximate surface area is 112 Å². The van der Waals surface area contributed by atoms with E-state index in [1.54, 1.807) is 6.92 Å². The molecule has 0 radical (unpaired) electrons. The molecule has 0 saturated heterocycles. The molecule has 0 heterocycles. The molecule has 0 aliphatic heterocycles. The maximum Gasteiger partial charge on any atom is 0.404 e. The minimum Gasteiger partial charge on any atom is -0.399 e. The van der Waals surface area contributed by atoms with Crippen molar-refractivity contribution in [2.75, 3.05) is 5.73 Å². The lowest BCUT2D eigenvalue weighted by Crippen LogP contribution is -2.34. The highest BCUT2D eigenvalue weighted by Gasteiger charge is 2.57. The summed E-state index contributed by atoms with van der Waals surface area (Å²) in [5, 5.41) is 0. The average Bonchev–Trinajstić information content (AvgIpc) is 2.25. The molecule has 7 heteroatoms. The summed E-state index contributed by atoms with van der Waals surface area (Å²) in [6, 6.07) is 3.08. The van der Waals surface area contributed by atoms with E-state index in [-0.39, 0.29) is 17.7 Å². The first kappa shape index (κ1) is 16.7. The molecular weight excluding hydrogens is 284 g/mol. The fourth-order valence-corrected chi connectivity index (χ4v) is 2.03. The number of unbranched alkanes of at least 4 members (excludes halogenated alkanes) is 1. The van der Waals surface area contributed by atoms with Crippen LogP contribution in [-0.2, 0) is 6.42 Å². The molecule has 0 saturated carbocycles. The molecule has 1 aromatic rings. The Bertz CT molecular complexity index is 435. The van der Waals surface area contributed by atoms with Crippen molar-refractivity contribution in [1.29, 1.82) is 0 Å². The van der Waals surface area contributed by atoms with Gasteiger partial charge in [-0.25, -0.2) is 0 Å². The van der Waals surface area contributed by atoms with Crippen LogP contribution in [0.1, 0.15) is 36.8 Å². The van der Waals surface area contributed by atoms with E-state index in [2.05, 4.69) is 0 Å². The third-order valence-electron chi connectivity index (χ3n) is 2.93. The number of benzene rings is 1. The fraction of sp³-hybridized carbons (Fsp3) is 0.538. The molecule has 0 aliphatic carbocycles. The molecular formula is C13H15F6N. The zero-order valence-corrected chi connectivity index (χ0v) is 10.8. The predicted molar refractivity (Wildman–Crippen MR) is 64.3 cm³/mol. The molecule has 0 bridgehead atoms. The molecule has 0 unspecified atom stereocenters. The number of aryl methyl sites for hydroxylation is 1. The monoisotopic (exact) mass is 299 g/mol. The van der Waals surface area contributed by atoms with Crippen molar-refractivity contribution in [2.24, 2.45) is 0 Å². The molecule has 0 atom stereocenters. The van der Waals surface area contributed by atoms with Crippen LogP contribution >= 0.6 is 0 Å². The molecule has 0 spiro atoms. The highest BCUT2D eigenvalue weighted by atomic mass is 19.4. The molecule has 114 valence electrons. The van der Waals surface area contributed by atoms with Crippen LogP contribution in [0.15, 0.2) is 18.2 Å². The molecule has 0 fully saturated rings. The van der Waals surface area contributed by atoms with Gasteiger partial charge in [0.25, 0.3) is 0 Å². The molecule has 1 rings (SSSR count). The first-order chi connectivity index (χ1) is 9.07. The van der Waals surface area contributed by atoms with Gasteiger partial charge in [0.1, 0.15) is 0 Å². The molecule has 1 nitrogen and oxygen atoms in total. The van der Waals surface area contributed by atoms with Crippen LogP contribution in [0.4, 0.5) is 32.0 Å². The lowest BCUT2D eigenvalue weighted by atomic mass is 9.90. The SMILES string of the molecule is CCCCc1cc(N)ccc1C(C(F)(F)F)C(F)(F)F. The van der Waals surface area contributed by atoms with Gasteiger partial charge in [-0.1, -0.05) is 19.4 Å². The summed E-state index contributed by atoms with van der Waals surface area (Å²) >= 11 is 0. The fourth-order valence-electron chi connectivity index (χ4n) is 2.03. The van der Waals surface area contributed by atoms with Gasteiger partial charge in [0.2, 0.25) is 0 Å². The van der Waals surface area contributed by atoms with Crippen LogP contribution in [-0.4, -0.2) is 12.4 Å². The van der Waals surface area contributed by atoms with Crippen molar-refractivity contribution in [3.05, 3.63) is 29.3 Å². The van der Waals surface area contributed by atoms with Gasteiger partial charge in [-0.15, -0.1) is 0 Å². The largest absolute Gasteiger partial charge is 0.404 e. The van der Waals surface area contributed by atoms with Crippen molar-refractivity contribution in [1.82, 2.24) is 0 Å². The smallest absolute Gasteiger partial charge is 0.399 e. The van der Waals surface area contributed by atoms with Crippen molar-refractivity contribution in [3.63, 3.8) is 0 Å². The van der Waals surface area contributed by atoms with Crippen molar-refractivity contribution in [3.8, 4) is 0 Å². The summed E-state index contributed by atoms with van der Waals surface area (Å²) in [5.74, 6) is -3.47. The maximum absolute atomic E-state index is 12.8. The normalized spacial score (nSPS) is 13.0. The van der Waals surface area contributed by atoms with Gasteiger partial charge < -0.3 is 5.73 Å². The highest BCUT2D eigenvalue weighted by Crippen LogP contribution is 2.47. The van der Waals surface area contributed by atoms with Gasteiger partial charge in [-0.2, -0.15) is 26.3 Å². The number of hydrogen-bond acceptors (Lipinski definition) is 1. The van der Waals surface area contributed by atoms with E-state index < -0.39 is 23.8 Å². The van der Waals surface area contributed by atoms with Crippen molar-refractivity contribution in [2.45, 2.75) is 44.5 Å². The van der Waals surface area contributed by atoms with Crippen molar-refractivity contribution >= 4 is 5.69 Å². The topological polar surface area (TPSA) is 26.0 Å². The standard InChI is InChI=1S/C13H15F6N/c1-2-3-4-8-7-9(20)5-6-10(8)11(12(14,15)16)13(17,18)19/h5-7,11H,2-4,20H2,1H3. The Morgan fingerprint density at radius 3 is 2.05 bits per heavy atom. The summed E-state index contributed by atoms with van der Waals surface area (Å²) in [6.45, 7) is 1.80. The number of halogens is 6. The molecule has 0 amide bonds. The van der Waals surface area contributed by atoms with Crippen LogP contribution < -0.4 is 5.73 Å². The zero-order chi connectivity index (χ0) is 15.6. The number of alkyl halides is 6. The molecule has 2 N–H and O–H groups in total. The second kappa shape index (κ2) is 5.93. The number of anilines is 1. The van der Waals surface area contributed by atoms with E-state index in [0.717, 1.165) is 12.1 Å². The Balaban J connectivity index is 3.33. The van der Waals surface area contributed by atoms with Crippen LogP contribution in [0.3, 0.4) is 0 Å². The first-order valence-electron chi connectivity index (χ1n) is 6.09. The number of nitrogen functional groups attached to an aromatic ring is 1. The van der Waals surface area contributed by atoms with Gasteiger partial charge in [-0.3, -0.25) is 0 Å². The maximum atomic E-state index is 12.8. The third kappa shape index (κ3) is 4.05. The first-order valence-corrected chi connectivity index (χ1v) is 6.09. The second-order valence-electron chi connectivity index (χ2n) is 4.58.